The molecule has 0 bridgehead atoms. The van der Waals surface area contributed by atoms with Crippen LogP contribution in [0.15, 0.2) is 66.7 Å². The average molecular weight is 402 g/mol. The van der Waals surface area contributed by atoms with Gasteiger partial charge in [0.15, 0.2) is 0 Å². The molecule has 2 N–H and O–H groups in total. The highest BCUT2D eigenvalue weighted by atomic mass is 16.5. The Kier molecular flexibility index (Phi) is 5.33. The third kappa shape index (κ3) is 4.09. The number of rotatable bonds is 5. The number of fused-ring (bicyclic) bond motifs is 1. The van der Waals surface area contributed by atoms with E-state index < -0.39 is 11.8 Å². The number of aromatic nitrogens is 4. The molecule has 9 heteroatoms. The van der Waals surface area contributed by atoms with Crippen molar-refractivity contribution in [2.75, 3.05) is 7.11 Å². The predicted octanol–water partition coefficient (Wildman–Crippen LogP) is 1.96. The molecule has 0 aliphatic carbocycles. The van der Waals surface area contributed by atoms with Crippen LogP contribution in [0.25, 0.3) is 22.2 Å². The molecule has 0 spiro atoms. The third-order valence-electron chi connectivity index (χ3n) is 4.40. The van der Waals surface area contributed by atoms with E-state index in [4.69, 9.17) is 4.74 Å². The maximum absolute atomic E-state index is 12.6. The van der Waals surface area contributed by atoms with E-state index in [2.05, 4.69) is 26.3 Å². The van der Waals surface area contributed by atoms with Gasteiger partial charge in [0.2, 0.25) is 5.82 Å². The molecule has 2 amide bonds. The minimum Gasteiger partial charge on any atom is -0.496 e. The molecule has 0 unspecified atom stereocenters. The van der Waals surface area contributed by atoms with Gasteiger partial charge >= 0.3 is 0 Å². The largest absolute Gasteiger partial charge is 0.496 e. The molecule has 1 heterocycles. The summed E-state index contributed by atoms with van der Waals surface area (Å²) in [5, 5.41) is 13.8. The van der Waals surface area contributed by atoms with E-state index >= 15 is 0 Å². The van der Waals surface area contributed by atoms with Crippen LogP contribution in [0.2, 0.25) is 0 Å². The van der Waals surface area contributed by atoms with Crippen LogP contribution in [-0.4, -0.2) is 39.1 Å². The first-order valence-electron chi connectivity index (χ1n) is 9.13. The van der Waals surface area contributed by atoms with Gasteiger partial charge < -0.3 is 4.74 Å². The number of carbonyl (C=O) groups is 2. The van der Waals surface area contributed by atoms with Gasteiger partial charge in [0.25, 0.3) is 11.8 Å². The van der Waals surface area contributed by atoms with E-state index in [1.54, 1.807) is 12.1 Å². The van der Waals surface area contributed by atoms with Crippen LogP contribution >= 0.6 is 0 Å². The molecule has 0 fully saturated rings. The summed E-state index contributed by atoms with van der Waals surface area (Å²) >= 11 is 0. The summed E-state index contributed by atoms with van der Waals surface area (Å²) in [4.78, 5) is 25.9. The maximum atomic E-state index is 12.6. The standard InChI is InChI=1S/C21H18N6O3/c1-30-18-12-16-10-6-5-9-15(16)11-17(18)21(29)24-22-19(28)13-27-25-20(23-26-27)14-7-3-2-4-8-14/h2-12H,13H2,1H3,(H,22,28)(H,24,29). The predicted molar refractivity (Wildman–Crippen MR) is 109 cm³/mol. The Balaban J connectivity index is 1.40. The fourth-order valence-corrected chi connectivity index (χ4v) is 2.94. The van der Waals surface area contributed by atoms with Crippen LogP contribution < -0.4 is 15.6 Å². The van der Waals surface area contributed by atoms with Gasteiger partial charge in [-0.15, -0.1) is 10.2 Å². The summed E-state index contributed by atoms with van der Waals surface area (Å²) in [6.45, 7) is -0.199. The molecule has 0 aliphatic heterocycles. The topological polar surface area (TPSA) is 111 Å². The van der Waals surface area contributed by atoms with Crippen molar-refractivity contribution in [1.29, 1.82) is 0 Å². The zero-order valence-electron chi connectivity index (χ0n) is 16.1. The van der Waals surface area contributed by atoms with Crippen LogP contribution in [0, 0.1) is 0 Å². The number of hydrogen-bond acceptors (Lipinski definition) is 6. The van der Waals surface area contributed by atoms with Crippen molar-refractivity contribution >= 4 is 22.6 Å². The first-order chi connectivity index (χ1) is 14.6. The number of amides is 2. The van der Waals surface area contributed by atoms with E-state index in [1.807, 2.05) is 54.6 Å². The van der Waals surface area contributed by atoms with Gasteiger partial charge in [-0.25, -0.2) is 0 Å². The molecule has 0 saturated carbocycles. The van der Waals surface area contributed by atoms with E-state index in [0.717, 1.165) is 21.1 Å². The minimum absolute atomic E-state index is 0.199. The quantitative estimate of drug-likeness (QED) is 0.494. The SMILES string of the molecule is COc1cc2ccccc2cc1C(=O)NNC(=O)Cn1nnc(-c2ccccc2)n1. The van der Waals surface area contributed by atoms with E-state index in [1.165, 1.54) is 7.11 Å². The van der Waals surface area contributed by atoms with Crippen LogP contribution in [0.3, 0.4) is 0 Å². The number of ether oxygens (including phenoxy) is 1. The number of nitrogens with zero attached hydrogens (tertiary/aromatic N) is 4. The molecule has 9 nitrogen and oxygen atoms in total. The van der Waals surface area contributed by atoms with Crippen LogP contribution in [0.4, 0.5) is 0 Å². The smallest absolute Gasteiger partial charge is 0.273 e. The highest BCUT2D eigenvalue weighted by Crippen LogP contribution is 2.25. The Morgan fingerprint density at radius 3 is 2.40 bits per heavy atom. The molecule has 0 aliphatic rings. The van der Waals surface area contributed by atoms with Gasteiger partial charge in [-0.1, -0.05) is 54.6 Å². The second-order valence-corrected chi connectivity index (χ2v) is 6.41. The van der Waals surface area contributed by atoms with Crippen molar-refractivity contribution in [3.63, 3.8) is 0 Å². The summed E-state index contributed by atoms with van der Waals surface area (Å²) in [6, 6.07) is 20.4. The molecule has 3 aromatic carbocycles. The molecular weight excluding hydrogens is 384 g/mol. The highest BCUT2D eigenvalue weighted by molar-refractivity contribution is 6.02. The molecule has 30 heavy (non-hydrogen) atoms. The Labute approximate surface area is 171 Å². The molecule has 4 rings (SSSR count). The van der Waals surface area contributed by atoms with Crippen molar-refractivity contribution in [3.05, 3.63) is 72.3 Å². The Morgan fingerprint density at radius 2 is 1.67 bits per heavy atom. The summed E-state index contributed by atoms with van der Waals surface area (Å²) in [7, 11) is 1.49. The number of hydrogen-bond donors (Lipinski definition) is 2. The summed E-state index contributed by atoms with van der Waals surface area (Å²) < 4.78 is 5.32. The van der Waals surface area contributed by atoms with Crippen molar-refractivity contribution < 1.29 is 14.3 Å². The van der Waals surface area contributed by atoms with Gasteiger partial charge in [0.1, 0.15) is 12.3 Å². The van der Waals surface area contributed by atoms with Crippen LogP contribution in [-0.2, 0) is 11.3 Å². The fourth-order valence-electron chi connectivity index (χ4n) is 2.94. The summed E-state index contributed by atoms with van der Waals surface area (Å²) in [6.07, 6.45) is 0. The monoisotopic (exact) mass is 402 g/mol. The Bertz CT molecular complexity index is 1210. The number of nitrogens with one attached hydrogen (secondary N) is 2. The summed E-state index contributed by atoms with van der Waals surface area (Å²) in [5.74, 6) is -0.179. The third-order valence-corrected chi connectivity index (χ3v) is 4.40. The van der Waals surface area contributed by atoms with Crippen LogP contribution in [0.5, 0.6) is 5.75 Å². The highest BCUT2D eigenvalue weighted by Gasteiger charge is 2.15. The molecule has 4 aromatic rings. The number of hydrazine groups is 1. The lowest BCUT2D eigenvalue weighted by Gasteiger charge is -2.11. The lowest BCUT2D eigenvalue weighted by molar-refractivity contribution is -0.122. The van der Waals surface area contributed by atoms with Gasteiger partial charge in [-0.3, -0.25) is 20.4 Å². The van der Waals surface area contributed by atoms with Gasteiger partial charge in [0, 0.05) is 5.56 Å². The first-order valence-corrected chi connectivity index (χ1v) is 9.13. The zero-order valence-corrected chi connectivity index (χ0v) is 16.1. The van der Waals surface area contributed by atoms with Crippen LogP contribution in [0.1, 0.15) is 10.4 Å². The van der Waals surface area contributed by atoms with Crippen molar-refractivity contribution in [3.8, 4) is 17.1 Å². The minimum atomic E-state index is -0.500. The molecular formula is C21H18N6O3. The van der Waals surface area contributed by atoms with E-state index in [0.29, 0.717) is 17.1 Å². The maximum Gasteiger partial charge on any atom is 0.273 e. The number of methoxy groups -OCH3 is 1. The molecule has 150 valence electrons. The van der Waals surface area contributed by atoms with Gasteiger partial charge in [0.05, 0.1) is 12.7 Å². The van der Waals surface area contributed by atoms with E-state index in [-0.39, 0.29) is 6.54 Å². The zero-order chi connectivity index (χ0) is 20.9. The van der Waals surface area contributed by atoms with Crippen molar-refractivity contribution in [2.24, 2.45) is 0 Å². The average Bonchev–Trinajstić information content (AvgIpc) is 3.25. The summed E-state index contributed by atoms with van der Waals surface area (Å²) in [5.41, 5.74) is 5.84. The normalized spacial score (nSPS) is 10.6. The van der Waals surface area contributed by atoms with Gasteiger partial charge in [-0.2, -0.15) is 4.80 Å². The van der Waals surface area contributed by atoms with Crippen molar-refractivity contribution in [1.82, 2.24) is 31.1 Å². The first kappa shape index (κ1) is 19.1. The van der Waals surface area contributed by atoms with Crippen molar-refractivity contribution in [2.45, 2.75) is 6.54 Å². The Morgan fingerprint density at radius 1 is 0.967 bits per heavy atom. The van der Waals surface area contributed by atoms with Gasteiger partial charge in [-0.05, 0) is 28.1 Å². The fraction of sp³-hybridized carbons (Fsp3) is 0.0952. The second kappa shape index (κ2) is 8.39. The van der Waals surface area contributed by atoms with E-state index in [9.17, 15) is 9.59 Å². The molecule has 1 aromatic heterocycles. The molecule has 0 radical (unpaired) electrons. The number of benzene rings is 3. The second-order valence-electron chi connectivity index (χ2n) is 6.41. The molecule has 0 atom stereocenters. The Hall–Kier alpha value is -4.27. The number of tetrazole rings is 1. The lowest BCUT2D eigenvalue weighted by Crippen LogP contribution is -2.43. The lowest BCUT2D eigenvalue weighted by atomic mass is 10.1. The number of carbonyl (C=O) groups excluding carboxylic acids is 2. The molecule has 0 saturated heterocycles.